The Kier molecular flexibility index (Phi) is 3.01. The second kappa shape index (κ2) is 4.47. The van der Waals surface area contributed by atoms with Crippen LogP contribution in [0.3, 0.4) is 0 Å². The number of hydrogen-bond donors (Lipinski definition) is 2. The van der Waals surface area contributed by atoms with Crippen molar-refractivity contribution in [3.05, 3.63) is 40.7 Å². The molecule has 1 amide bonds. The Labute approximate surface area is 102 Å². The van der Waals surface area contributed by atoms with Crippen LogP contribution in [0.1, 0.15) is 16.2 Å². The van der Waals surface area contributed by atoms with Crippen molar-refractivity contribution in [2.24, 2.45) is 0 Å². The van der Waals surface area contributed by atoms with E-state index in [0.29, 0.717) is 11.4 Å². The van der Waals surface area contributed by atoms with Gasteiger partial charge in [0.2, 0.25) is 0 Å². The number of anilines is 1. The van der Waals surface area contributed by atoms with Gasteiger partial charge in [0.05, 0.1) is 5.02 Å². The van der Waals surface area contributed by atoms with E-state index >= 15 is 0 Å². The van der Waals surface area contributed by atoms with Gasteiger partial charge in [-0.3, -0.25) is 4.79 Å². The van der Waals surface area contributed by atoms with E-state index in [0.717, 1.165) is 0 Å². The molecular weight excluding hydrogens is 244 g/mol. The molecule has 0 aliphatic carbocycles. The number of phenols is 1. The highest BCUT2D eigenvalue weighted by Crippen LogP contribution is 2.26. The summed E-state index contributed by atoms with van der Waals surface area (Å²) in [6.45, 7) is 1.70. The molecule has 0 saturated heterocycles. The Hall–Kier alpha value is -2.01. The molecule has 0 atom stereocenters. The fourth-order valence-electron chi connectivity index (χ4n) is 1.25. The summed E-state index contributed by atoms with van der Waals surface area (Å²) in [7, 11) is 0. The van der Waals surface area contributed by atoms with Gasteiger partial charge in [0.25, 0.3) is 5.91 Å². The van der Waals surface area contributed by atoms with E-state index in [2.05, 4.69) is 10.5 Å². The van der Waals surface area contributed by atoms with Crippen molar-refractivity contribution in [1.82, 2.24) is 5.16 Å². The number of halogens is 1. The average molecular weight is 253 g/mol. The lowest BCUT2D eigenvalue weighted by molar-refractivity contribution is 0.101. The smallest absolute Gasteiger partial charge is 0.277 e. The maximum atomic E-state index is 11.7. The molecule has 0 aliphatic heterocycles. The Morgan fingerprint density at radius 3 is 2.82 bits per heavy atom. The number of benzene rings is 1. The SMILES string of the molecule is Cc1cc(C(=O)Nc2ccc(O)c(Cl)c2)no1. The quantitative estimate of drug-likeness (QED) is 0.806. The number of phenolic OH excluding ortho intramolecular Hbond substituents is 1. The van der Waals surface area contributed by atoms with Gasteiger partial charge in [0, 0.05) is 11.8 Å². The lowest BCUT2D eigenvalue weighted by atomic mass is 10.3. The van der Waals surface area contributed by atoms with Crippen LogP contribution >= 0.6 is 11.6 Å². The molecule has 2 aromatic rings. The molecule has 2 rings (SSSR count). The maximum Gasteiger partial charge on any atom is 0.277 e. The molecule has 5 nitrogen and oxygen atoms in total. The zero-order valence-corrected chi connectivity index (χ0v) is 9.65. The third-order valence-corrected chi connectivity index (χ3v) is 2.37. The lowest BCUT2D eigenvalue weighted by Gasteiger charge is -2.03. The molecule has 0 saturated carbocycles. The first kappa shape index (κ1) is 11.5. The van der Waals surface area contributed by atoms with Gasteiger partial charge in [0.1, 0.15) is 11.5 Å². The minimum atomic E-state index is -0.399. The summed E-state index contributed by atoms with van der Waals surface area (Å²) >= 11 is 5.71. The molecule has 0 bridgehead atoms. The maximum absolute atomic E-state index is 11.7. The largest absolute Gasteiger partial charge is 0.506 e. The molecule has 0 fully saturated rings. The summed E-state index contributed by atoms with van der Waals surface area (Å²) < 4.78 is 4.79. The van der Waals surface area contributed by atoms with E-state index in [4.69, 9.17) is 16.1 Å². The molecular formula is C11H9ClN2O3. The lowest BCUT2D eigenvalue weighted by Crippen LogP contribution is -2.12. The third-order valence-electron chi connectivity index (χ3n) is 2.07. The Bertz CT molecular complexity index is 566. The van der Waals surface area contributed by atoms with Gasteiger partial charge in [-0.25, -0.2) is 0 Å². The number of hydrogen-bond acceptors (Lipinski definition) is 4. The van der Waals surface area contributed by atoms with E-state index in [1.165, 1.54) is 24.3 Å². The zero-order chi connectivity index (χ0) is 12.4. The first-order chi connectivity index (χ1) is 8.06. The van der Waals surface area contributed by atoms with Crippen LogP contribution in [0.25, 0.3) is 0 Å². The van der Waals surface area contributed by atoms with Crippen molar-refractivity contribution in [1.29, 1.82) is 0 Å². The molecule has 0 radical (unpaired) electrons. The molecule has 88 valence electrons. The predicted octanol–water partition coefficient (Wildman–Crippen LogP) is 2.59. The highest BCUT2D eigenvalue weighted by molar-refractivity contribution is 6.32. The summed E-state index contributed by atoms with van der Waals surface area (Å²) in [5, 5.41) is 15.6. The number of carbonyl (C=O) groups excluding carboxylic acids is 1. The van der Waals surface area contributed by atoms with Gasteiger partial charge >= 0.3 is 0 Å². The van der Waals surface area contributed by atoms with Crippen molar-refractivity contribution in [3.8, 4) is 5.75 Å². The monoisotopic (exact) mass is 252 g/mol. The molecule has 2 N–H and O–H groups in total. The van der Waals surface area contributed by atoms with Crippen molar-refractivity contribution < 1.29 is 14.4 Å². The van der Waals surface area contributed by atoms with Crippen LogP contribution in [0.2, 0.25) is 5.02 Å². The van der Waals surface area contributed by atoms with E-state index < -0.39 is 5.91 Å². The number of aryl methyl sites for hydroxylation is 1. The van der Waals surface area contributed by atoms with Crippen LogP contribution in [0.5, 0.6) is 5.75 Å². The second-order valence-corrected chi connectivity index (χ2v) is 3.85. The minimum absolute atomic E-state index is 0.0399. The Morgan fingerprint density at radius 2 is 2.24 bits per heavy atom. The Morgan fingerprint density at radius 1 is 1.47 bits per heavy atom. The molecule has 17 heavy (non-hydrogen) atoms. The molecule has 0 spiro atoms. The normalized spacial score (nSPS) is 10.2. The molecule has 1 aromatic carbocycles. The number of aromatic hydroxyl groups is 1. The first-order valence-electron chi connectivity index (χ1n) is 4.79. The van der Waals surface area contributed by atoms with Crippen LogP contribution in [0.4, 0.5) is 5.69 Å². The van der Waals surface area contributed by atoms with E-state index in [1.54, 1.807) is 6.92 Å². The topological polar surface area (TPSA) is 75.4 Å². The fourth-order valence-corrected chi connectivity index (χ4v) is 1.43. The number of carbonyl (C=O) groups is 1. The third kappa shape index (κ3) is 2.57. The van der Waals surface area contributed by atoms with Crippen LogP contribution in [-0.2, 0) is 0 Å². The number of amides is 1. The van der Waals surface area contributed by atoms with Gasteiger partial charge in [0.15, 0.2) is 5.69 Å². The van der Waals surface area contributed by atoms with Crippen LogP contribution < -0.4 is 5.32 Å². The van der Waals surface area contributed by atoms with E-state index in [9.17, 15) is 9.90 Å². The summed E-state index contributed by atoms with van der Waals surface area (Å²) in [6, 6.07) is 5.90. The zero-order valence-electron chi connectivity index (χ0n) is 8.90. The summed E-state index contributed by atoms with van der Waals surface area (Å²) in [5.74, 6) is 0.115. The molecule has 0 unspecified atom stereocenters. The van der Waals surface area contributed by atoms with Crippen molar-refractivity contribution in [2.45, 2.75) is 6.92 Å². The van der Waals surface area contributed by atoms with Crippen LogP contribution in [-0.4, -0.2) is 16.2 Å². The number of rotatable bonds is 2. The van der Waals surface area contributed by atoms with Crippen molar-refractivity contribution >= 4 is 23.2 Å². The van der Waals surface area contributed by atoms with Gasteiger partial charge < -0.3 is 14.9 Å². The Balaban J connectivity index is 2.15. The van der Waals surface area contributed by atoms with Crippen molar-refractivity contribution in [3.63, 3.8) is 0 Å². The van der Waals surface area contributed by atoms with Gasteiger partial charge in [-0.2, -0.15) is 0 Å². The molecule has 1 aromatic heterocycles. The highest BCUT2D eigenvalue weighted by atomic mass is 35.5. The summed E-state index contributed by atoms with van der Waals surface area (Å²) in [5.41, 5.74) is 0.658. The van der Waals surface area contributed by atoms with Gasteiger partial charge in [-0.1, -0.05) is 16.8 Å². The number of nitrogens with one attached hydrogen (secondary N) is 1. The highest BCUT2D eigenvalue weighted by Gasteiger charge is 2.11. The molecule has 1 heterocycles. The summed E-state index contributed by atoms with van der Waals surface area (Å²) in [6.07, 6.45) is 0. The molecule has 0 aliphatic rings. The fraction of sp³-hybridized carbons (Fsp3) is 0.0909. The number of aromatic nitrogens is 1. The van der Waals surface area contributed by atoms with Gasteiger partial charge in [-0.05, 0) is 25.1 Å². The molecule has 6 heteroatoms. The average Bonchev–Trinajstić information content (AvgIpc) is 2.70. The summed E-state index contributed by atoms with van der Waals surface area (Å²) in [4.78, 5) is 11.7. The second-order valence-electron chi connectivity index (χ2n) is 3.44. The number of nitrogens with zero attached hydrogens (tertiary/aromatic N) is 1. The van der Waals surface area contributed by atoms with Crippen LogP contribution in [0.15, 0.2) is 28.8 Å². The predicted molar refractivity (Wildman–Crippen MR) is 62.3 cm³/mol. The van der Waals surface area contributed by atoms with Crippen molar-refractivity contribution in [2.75, 3.05) is 5.32 Å². The van der Waals surface area contributed by atoms with E-state index in [1.807, 2.05) is 0 Å². The minimum Gasteiger partial charge on any atom is -0.506 e. The van der Waals surface area contributed by atoms with Gasteiger partial charge in [-0.15, -0.1) is 0 Å². The first-order valence-corrected chi connectivity index (χ1v) is 5.17. The standard InChI is InChI=1S/C11H9ClN2O3/c1-6-4-9(14-17-6)11(16)13-7-2-3-10(15)8(12)5-7/h2-5,15H,1H3,(H,13,16). The van der Waals surface area contributed by atoms with Crippen LogP contribution in [0, 0.1) is 6.92 Å². The van der Waals surface area contributed by atoms with E-state index in [-0.39, 0.29) is 16.5 Å².